The number of aryl methyl sites for hydroxylation is 1. The number of ether oxygens (including phenoxy) is 1. The van der Waals surface area contributed by atoms with Crippen molar-refractivity contribution >= 4 is 40.9 Å². The van der Waals surface area contributed by atoms with Gasteiger partial charge in [0.25, 0.3) is 0 Å². The van der Waals surface area contributed by atoms with Gasteiger partial charge in [-0.05, 0) is 44.6 Å². The van der Waals surface area contributed by atoms with E-state index in [0.717, 1.165) is 31.7 Å². The molecule has 0 spiro atoms. The molecule has 5 rings (SSSR count). The molecule has 1 unspecified atom stereocenters. The van der Waals surface area contributed by atoms with E-state index < -0.39 is 28.7 Å². The topological polar surface area (TPSA) is 137 Å². The second kappa shape index (κ2) is 13.7. The first-order chi connectivity index (χ1) is 19.8. The van der Waals surface area contributed by atoms with Crippen molar-refractivity contribution in [3.63, 3.8) is 0 Å². The normalized spacial score (nSPS) is 20.3. The average Bonchev–Trinajstić information content (AvgIpc) is 3.69. The SMILES string of the molecule is CCOC(=O)C1=C(C2CCC(c3nc(CC)no3)CC2)NC(c2nccs2)=NC1c1ccc(F)c(F)c1Cl.O=C=O. The summed E-state index contributed by atoms with van der Waals surface area (Å²) in [6.07, 6.45) is 5.60. The van der Waals surface area contributed by atoms with Crippen molar-refractivity contribution in [2.75, 3.05) is 6.61 Å². The van der Waals surface area contributed by atoms with E-state index in [9.17, 15) is 13.6 Å². The Bertz CT molecular complexity index is 1480. The van der Waals surface area contributed by atoms with E-state index in [1.54, 1.807) is 13.1 Å². The van der Waals surface area contributed by atoms with Crippen LogP contribution in [0.3, 0.4) is 0 Å². The Morgan fingerprint density at radius 3 is 2.51 bits per heavy atom. The Morgan fingerprint density at radius 2 is 1.90 bits per heavy atom. The lowest BCUT2D eigenvalue weighted by molar-refractivity contribution is -0.191. The highest BCUT2D eigenvalue weighted by Crippen LogP contribution is 2.44. The van der Waals surface area contributed by atoms with Crippen molar-refractivity contribution in [2.24, 2.45) is 10.9 Å². The molecule has 1 aliphatic heterocycles. The van der Waals surface area contributed by atoms with E-state index in [1.807, 2.05) is 12.3 Å². The lowest BCUT2D eigenvalue weighted by Crippen LogP contribution is -2.38. The highest BCUT2D eigenvalue weighted by molar-refractivity contribution is 7.11. The molecule has 3 aromatic rings. The predicted octanol–water partition coefficient (Wildman–Crippen LogP) is 5.32. The molecule has 3 heterocycles. The fourth-order valence-electron chi connectivity index (χ4n) is 4.95. The fourth-order valence-corrected chi connectivity index (χ4v) is 5.80. The van der Waals surface area contributed by atoms with Gasteiger partial charge in [-0.2, -0.15) is 14.6 Å². The maximum Gasteiger partial charge on any atom is 0.373 e. The number of hydrogen-bond donors (Lipinski definition) is 1. The number of esters is 1. The van der Waals surface area contributed by atoms with Crippen LogP contribution in [0.4, 0.5) is 8.78 Å². The van der Waals surface area contributed by atoms with Crippen LogP contribution in [0.15, 0.2) is 44.5 Å². The fraction of sp³-hybridized carbons (Fsp3) is 0.407. The smallest absolute Gasteiger partial charge is 0.373 e. The quantitative estimate of drug-likeness (QED) is 0.280. The number of halogens is 3. The second-order valence-electron chi connectivity index (χ2n) is 9.19. The minimum Gasteiger partial charge on any atom is -0.463 e. The van der Waals surface area contributed by atoms with Gasteiger partial charge in [-0.3, -0.25) is 4.99 Å². The number of allylic oxidation sites excluding steroid dienone is 1. The molecule has 1 saturated carbocycles. The summed E-state index contributed by atoms with van der Waals surface area (Å²) in [4.78, 5) is 43.2. The van der Waals surface area contributed by atoms with Gasteiger partial charge in [0, 0.05) is 35.2 Å². The molecule has 41 heavy (non-hydrogen) atoms. The molecule has 2 aliphatic rings. The maximum absolute atomic E-state index is 14.5. The van der Waals surface area contributed by atoms with Crippen molar-refractivity contribution in [3.8, 4) is 0 Å². The summed E-state index contributed by atoms with van der Waals surface area (Å²) in [5, 5.41) is 9.34. The van der Waals surface area contributed by atoms with Crippen LogP contribution in [-0.4, -0.2) is 39.7 Å². The molecule has 1 fully saturated rings. The van der Waals surface area contributed by atoms with Gasteiger partial charge in [-0.1, -0.05) is 29.7 Å². The van der Waals surface area contributed by atoms with E-state index >= 15 is 0 Å². The summed E-state index contributed by atoms with van der Waals surface area (Å²) in [7, 11) is 0. The van der Waals surface area contributed by atoms with Crippen LogP contribution in [0.1, 0.15) is 73.8 Å². The summed E-state index contributed by atoms with van der Waals surface area (Å²) in [5.74, 6) is -1.05. The predicted molar refractivity (Wildman–Crippen MR) is 143 cm³/mol. The Labute approximate surface area is 242 Å². The van der Waals surface area contributed by atoms with Gasteiger partial charge < -0.3 is 14.6 Å². The van der Waals surface area contributed by atoms with E-state index in [-0.39, 0.29) is 35.7 Å². The van der Waals surface area contributed by atoms with E-state index in [2.05, 4.69) is 20.4 Å². The Kier molecular flexibility index (Phi) is 10.1. The molecule has 1 aliphatic carbocycles. The molecule has 1 N–H and O–H groups in total. The summed E-state index contributed by atoms with van der Waals surface area (Å²) in [6, 6.07) is 1.33. The molecule has 2 aromatic heterocycles. The van der Waals surface area contributed by atoms with Crippen molar-refractivity contribution < 1.29 is 32.4 Å². The molecule has 0 radical (unpaired) electrons. The number of carbonyl (C=O) groups is 1. The Morgan fingerprint density at radius 1 is 1.20 bits per heavy atom. The molecule has 14 heteroatoms. The zero-order valence-corrected chi connectivity index (χ0v) is 23.7. The van der Waals surface area contributed by atoms with Gasteiger partial charge >= 0.3 is 12.1 Å². The third-order valence-electron chi connectivity index (χ3n) is 6.85. The van der Waals surface area contributed by atoms with E-state index in [4.69, 9.17) is 35.4 Å². The third-order valence-corrected chi connectivity index (χ3v) is 8.01. The van der Waals surface area contributed by atoms with Crippen LogP contribution in [0.2, 0.25) is 5.02 Å². The number of carbonyl (C=O) groups excluding carboxylic acids is 3. The molecular formula is C27H26ClF2N5O5S. The Balaban J connectivity index is 0.00000124. The number of aliphatic imine (C=N–C) groups is 1. The van der Waals surface area contributed by atoms with Crippen LogP contribution >= 0.6 is 22.9 Å². The van der Waals surface area contributed by atoms with Crippen molar-refractivity contribution in [1.29, 1.82) is 0 Å². The first-order valence-corrected chi connectivity index (χ1v) is 14.2. The molecule has 10 nitrogen and oxygen atoms in total. The van der Waals surface area contributed by atoms with Gasteiger partial charge in [0.1, 0.15) is 6.04 Å². The molecule has 0 amide bonds. The first-order valence-electron chi connectivity index (χ1n) is 12.9. The molecule has 216 valence electrons. The third kappa shape index (κ3) is 6.58. The average molecular weight is 606 g/mol. The number of benzene rings is 1. The number of thiazole rings is 1. The largest absolute Gasteiger partial charge is 0.463 e. The van der Waals surface area contributed by atoms with Crippen molar-refractivity contribution in [3.05, 3.63) is 73.9 Å². The second-order valence-corrected chi connectivity index (χ2v) is 10.5. The summed E-state index contributed by atoms with van der Waals surface area (Å²) < 4.78 is 39.4. The number of amidine groups is 1. The molecule has 0 saturated heterocycles. The number of nitrogens with zero attached hydrogens (tertiary/aromatic N) is 4. The molecule has 0 bridgehead atoms. The number of rotatable bonds is 7. The molecule has 1 aromatic carbocycles. The zero-order valence-electron chi connectivity index (χ0n) is 22.2. The van der Waals surface area contributed by atoms with Gasteiger partial charge in [0.2, 0.25) is 5.89 Å². The summed E-state index contributed by atoms with van der Waals surface area (Å²) >= 11 is 7.64. The highest BCUT2D eigenvalue weighted by Gasteiger charge is 2.39. The molecule has 1 atom stereocenters. The molecular weight excluding hydrogens is 580 g/mol. The van der Waals surface area contributed by atoms with E-state index in [0.29, 0.717) is 34.7 Å². The van der Waals surface area contributed by atoms with Crippen LogP contribution in [-0.2, 0) is 25.5 Å². The van der Waals surface area contributed by atoms with Gasteiger partial charge in [-0.25, -0.2) is 18.6 Å². The number of aromatic nitrogens is 3. The first kappa shape index (κ1) is 30.2. The number of hydrogen-bond acceptors (Lipinski definition) is 11. The van der Waals surface area contributed by atoms with Gasteiger partial charge in [0.15, 0.2) is 28.3 Å². The van der Waals surface area contributed by atoms with Gasteiger partial charge in [0.05, 0.1) is 17.2 Å². The summed E-state index contributed by atoms with van der Waals surface area (Å²) in [5.41, 5.74) is 1.04. The van der Waals surface area contributed by atoms with Crippen molar-refractivity contribution in [2.45, 2.75) is 57.9 Å². The lowest BCUT2D eigenvalue weighted by Gasteiger charge is -2.34. The van der Waals surface area contributed by atoms with E-state index in [1.165, 1.54) is 17.4 Å². The minimum absolute atomic E-state index is 0.0590. The minimum atomic E-state index is -1.19. The highest BCUT2D eigenvalue weighted by atomic mass is 35.5. The van der Waals surface area contributed by atoms with Crippen molar-refractivity contribution in [1.82, 2.24) is 20.4 Å². The lowest BCUT2D eigenvalue weighted by atomic mass is 9.78. The van der Waals surface area contributed by atoms with Crippen LogP contribution in [0, 0.1) is 17.6 Å². The maximum atomic E-state index is 14.5. The standard InChI is InChI=1S/C26H26ClF2N5O3S.CO2/c1-3-17-31-24(37-34-17)14-7-5-13(6-8-14)21-18(26(35)36-4-2)22(15-9-10-16(28)20(29)19(15)27)33-23(32-21)25-30-11-12-38-25;2-1-3/h9-14,22H,3-8H2,1-2H3,(H,32,33);. The van der Waals surface area contributed by atoms with Crippen LogP contribution < -0.4 is 5.32 Å². The zero-order chi connectivity index (χ0) is 29.5. The monoisotopic (exact) mass is 605 g/mol. The summed E-state index contributed by atoms with van der Waals surface area (Å²) in [6.45, 7) is 3.82. The van der Waals surface area contributed by atoms with Gasteiger partial charge in [-0.15, -0.1) is 11.3 Å². The Hall–Kier alpha value is -3.80. The van der Waals surface area contributed by atoms with Crippen LogP contribution in [0.5, 0.6) is 0 Å². The van der Waals surface area contributed by atoms with Crippen LogP contribution in [0.25, 0.3) is 0 Å². The number of nitrogens with one attached hydrogen (secondary N) is 1.